The van der Waals surface area contributed by atoms with E-state index in [2.05, 4.69) is 95.6 Å². The van der Waals surface area contributed by atoms with E-state index in [1.54, 1.807) is 0 Å². The van der Waals surface area contributed by atoms with E-state index in [1.807, 2.05) is 0 Å². The van der Waals surface area contributed by atoms with Gasteiger partial charge in [-0.25, -0.2) is 0 Å². The summed E-state index contributed by atoms with van der Waals surface area (Å²) in [5.74, 6) is 0. The summed E-state index contributed by atoms with van der Waals surface area (Å²) < 4.78 is 0. The molecular weight excluding hydrogens is 624 g/mol. The van der Waals surface area contributed by atoms with Gasteiger partial charge >= 0.3 is 0 Å². The molecule has 0 N–H and O–H groups in total. The van der Waals surface area contributed by atoms with Crippen molar-refractivity contribution in [3.05, 3.63) is 0 Å². The predicted molar refractivity (Wildman–Crippen MR) is 104 cm³/mol. The maximum absolute atomic E-state index is 3.82. The number of hydrogen-bond donors (Lipinski definition) is 0. The van der Waals surface area contributed by atoms with Crippen molar-refractivity contribution in [1.82, 2.24) is 0 Å². The van der Waals surface area contributed by atoms with Crippen molar-refractivity contribution < 1.29 is 0 Å². The van der Waals surface area contributed by atoms with E-state index in [1.165, 1.54) is 38.5 Å². The SMILES string of the molecule is BrC1CC[C@H](Br)[C@H](Br)CC[C@@H](Br)[C@H](Br)CC[C@@H]1Br. The van der Waals surface area contributed by atoms with Gasteiger partial charge < -0.3 is 0 Å². The first-order chi connectivity index (χ1) is 8.41. The van der Waals surface area contributed by atoms with E-state index in [4.69, 9.17) is 0 Å². The fraction of sp³-hybridized carbons (Fsp3) is 1.00. The monoisotopic (exact) mass is 636 g/mol. The van der Waals surface area contributed by atoms with Gasteiger partial charge in [-0.2, -0.15) is 0 Å². The lowest BCUT2D eigenvalue weighted by Gasteiger charge is -2.25. The number of hydrogen-bond acceptors (Lipinski definition) is 0. The summed E-state index contributed by atoms with van der Waals surface area (Å²) in [7, 11) is 0. The van der Waals surface area contributed by atoms with Crippen LogP contribution in [-0.2, 0) is 0 Å². The summed E-state index contributed by atoms with van der Waals surface area (Å²) in [6.07, 6.45) is 7.24. The molecule has 0 aromatic heterocycles. The van der Waals surface area contributed by atoms with Gasteiger partial charge in [0.15, 0.2) is 0 Å². The summed E-state index contributed by atoms with van der Waals surface area (Å²) in [4.78, 5) is 3.36. The molecule has 1 rings (SSSR count). The van der Waals surface area contributed by atoms with Crippen LogP contribution in [0.25, 0.3) is 0 Å². The van der Waals surface area contributed by atoms with Gasteiger partial charge in [0, 0.05) is 29.0 Å². The third kappa shape index (κ3) is 6.76. The highest BCUT2D eigenvalue weighted by Gasteiger charge is 2.25. The molecule has 1 aliphatic rings. The van der Waals surface area contributed by atoms with E-state index in [0.717, 1.165) is 0 Å². The highest BCUT2D eigenvalue weighted by molar-refractivity contribution is 9.13. The van der Waals surface area contributed by atoms with Crippen molar-refractivity contribution in [2.24, 2.45) is 0 Å². The molecule has 0 saturated heterocycles. The van der Waals surface area contributed by atoms with E-state index in [9.17, 15) is 0 Å². The Labute approximate surface area is 161 Å². The molecule has 0 aromatic carbocycles. The van der Waals surface area contributed by atoms with Crippen LogP contribution in [0.5, 0.6) is 0 Å². The van der Waals surface area contributed by atoms with Gasteiger partial charge in [-0.05, 0) is 38.5 Å². The van der Waals surface area contributed by atoms with Gasteiger partial charge in [0.2, 0.25) is 0 Å². The van der Waals surface area contributed by atoms with Gasteiger partial charge in [0.05, 0.1) is 0 Å². The van der Waals surface area contributed by atoms with Gasteiger partial charge in [-0.1, -0.05) is 95.6 Å². The first-order valence-corrected chi connectivity index (χ1v) is 11.8. The fourth-order valence-corrected chi connectivity index (χ4v) is 5.21. The summed E-state index contributed by atoms with van der Waals surface area (Å²) >= 11 is 22.9. The van der Waals surface area contributed by atoms with Crippen molar-refractivity contribution in [1.29, 1.82) is 0 Å². The highest BCUT2D eigenvalue weighted by Crippen LogP contribution is 2.34. The molecule has 6 atom stereocenters. The zero-order chi connectivity index (χ0) is 13.7. The molecule has 1 aliphatic carbocycles. The summed E-state index contributed by atoms with van der Waals surface area (Å²) in [6.45, 7) is 0. The van der Waals surface area contributed by atoms with Gasteiger partial charge in [0.1, 0.15) is 0 Å². The second kappa shape index (κ2) is 9.81. The van der Waals surface area contributed by atoms with E-state index >= 15 is 0 Å². The van der Waals surface area contributed by atoms with Crippen LogP contribution in [0.2, 0.25) is 0 Å². The fourth-order valence-electron chi connectivity index (χ4n) is 2.04. The summed E-state index contributed by atoms with van der Waals surface area (Å²) in [6, 6.07) is 0. The Balaban J connectivity index is 2.61. The zero-order valence-corrected chi connectivity index (χ0v) is 19.5. The van der Waals surface area contributed by atoms with Gasteiger partial charge in [-0.3, -0.25) is 0 Å². The average molecular weight is 642 g/mol. The Morgan fingerprint density at radius 2 is 0.444 bits per heavy atom. The maximum atomic E-state index is 3.82. The van der Waals surface area contributed by atoms with Gasteiger partial charge in [0.25, 0.3) is 0 Å². The molecule has 0 spiro atoms. The van der Waals surface area contributed by atoms with E-state index in [0.29, 0.717) is 29.0 Å². The van der Waals surface area contributed by atoms with Crippen LogP contribution in [0.15, 0.2) is 0 Å². The standard InChI is InChI=1S/C12H18Br6/c13-7-1-2-8(14)10(16)5-6-12(18)11(17)4-3-9(7)15/h7-12H,1-6H2/t7-,8-,9-,10+,11+,12?/m1/s1. The van der Waals surface area contributed by atoms with Crippen LogP contribution < -0.4 is 0 Å². The minimum Gasteiger partial charge on any atom is -0.0879 e. The quantitative estimate of drug-likeness (QED) is 0.252. The third-order valence-corrected chi connectivity index (χ3v) is 12.0. The summed E-state index contributed by atoms with van der Waals surface area (Å²) in [5.41, 5.74) is 0. The Bertz CT molecular complexity index is 175. The molecule has 6 heteroatoms. The molecule has 0 aliphatic heterocycles. The lowest BCUT2D eigenvalue weighted by atomic mass is 10.0. The van der Waals surface area contributed by atoms with Crippen LogP contribution in [0.3, 0.4) is 0 Å². The van der Waals surface area contributed by atoms with Gasteiger partial charge in [-0.15, -0.1) is 0 Å². The van der Waals surface area contributed by atoms with E-state index in [-0.39, 0.29) is 0 Å². The molecule has 0 heterocycles. The first kappa shape index (κ1) is 18.9. The largest absolute Gasteiger partial charge is 0.0879 e. The van der Waals surface area contributed by atoms with Crippen molar-refractivity contribution in [3.8, 4) is 0 Å². The molecule has 1 unspecified atom stereocenters. The van der Waals surface area contributed by atoms with Crippen LogP contribution in [0.4, 0.5) is 0 Å². The van der Waals surface area contributed by atoms with Crippen molar-refractivity contribution in [2.45, 2.75) is 67.5 Å². The molecule has 0 bridgehead atoms. The second-order valence-electron chi connectivity index (χ2n) is 4.83. The second-order valence-corrected chi connectivity index (χ2v) is 11.9. The Morgan fingerprint density at radius 1 is 0.333 bits per heavy atom. The molecule has 1 saturated carbocycles. The molecule has 0 amide bonds. The Morgan fingerprint density at radius 3 is 0.556 bits per heavy atom. The molecule has 1 fully saturated rings. The summed E-state index contributed by atoms with van der Waals surface area (Å²) in [5, 5.41) is 0. The lowest BCUT2D eigenvalue weighted by molar-refractivity contribution is 0.557. The number of halogens is 6. The highest BCUT2D eigenvalue weighted by atomic mass is 79.9. The van der Waals surface area contributed by atoms with Crippen LogP contribution in [0, 0.1) is 0 Å². The third-order valence-electron chi connectivity index (χ3n) is 3.33. The smallest absolute Gasteiger partial charge is 0.0271 e. The topological polar surface area (TPSA) is 0 Å². The Kier molecular flexibility index (Phi) is 10.3. The number of rotatable bonds is 0. The van der Waals surface area contributed by atoms with Crippen molar-refractivity contribution in [3.63, 3.8) is 0 Å². The maximum Gasteiger partial charge on any atom is 0.0271 e. The predicted octanol–water partition coefficient (Wildman–Crippen LogP) is 6.92. The van der Waals surface area contributed by atoms with Crippen LogP contribution >= 0.6 is 95.6 Å². The Hall–Kier alpha value is 2.88. The average Bonchev–Trinajstić information content (AvgIpc) is 2.36. The molecule has 108 valence electrons. The zero-order valence-electron chi connectivity index (χ0n) is 9.97. The molecular formula is C12H18Br6. The number of alkyl halides is 6. The van der Waals surface area contributed by atoms with E-state index < -0.39 is 0 Å². The molecule has 18 heavy (non-hydrogen) atoms. The molecule has 0 aromatic rings. The van der Waals surface area contributed by atoms with Crippen molar-refractivity contribution in [2.75, 3.05) is 0 Å². The minimum atomic E-state index is 0.560. The minimum absolute atomic E-state index is 0.560. The molecule has 0 nitrogen and oxygen atoms in total. The van der Waals surface area contributed by atoms with Crippen molar-refractivity contribution >= 4 is 95.6 Å². The van der Waals surface area contributed by atoms with Crippen LogP contribution in [0.1, 0.15) is 38.5 Å². The lowest BCUT2D eigenvalue weighted by Crippen LogP contribution is -2.25. The van der Waals surface area contributed by atoms with Crippen LogP contribution in [-0.4, -0.2) is 29.0 Å². The first-order valence-electron chi connectivity index (χ1n) is 6.26. The normalized spacial score (nSPS) is 45.0. The molecule has 0 radical (unpaired) electrons.